The van der Waals surface area contributed by atoms with Crippen LogP contribution in [-0.2, 0) is 0 Å². The normalized spacial score (nSPS) is 9.38. The third kappa shape index (κ3) is 3.41. The van der Waals surface area contributed by atoms with Crippen molar-refractivity contribution >= 4 is 33.4 Å². The van der Waals surface area contributed by atoms with E-state index in [2.05, 4.69) is 31.3 Å². The fourth-order valence-corrected chi connectivity index (χ4v) is 1.62. The molecule has 0 spiro atoms. The molecular formula is C9H8BrClN4O. The van der Waals surface area contributed by atoms with Gasteiger partial charge in [0.15, 0.2) is 0 Å². The summed E-state index contributed by atoms with van der Waals surface area (Å²) in [5, 5.41) is 6.26. The van der Waals surface area contributed by atoms with E-state index in [1.54, 1.807) is 18.2 Å². The Morgan fingerprint density at radius 3 is 3.06 bits per heavy atom. The van der Waals surface area contributed by atoms with Crippen molar-refractivity contribution in [3.8, 4) is 0 Å². The number of nitrogens with one attached hydrogen (secondary N) is 1. The number of benzene rings is 1. The molecule has 0 aromatic heterocycles. The zero-order chi connectivity index (χ0) is 12.0. The van der Waals surface area contributed by atoms with E-state index in [1.165, 1.54) is 0 Å². The lowest BCUT2D eigenvalue weighted by atomic mass is 10.2. The third-order valence-corrected chi connectivity index (χ3v) is 3.05. The Morgan fingerprint density at radius 1 is 1.62 bits per heavy atom. The number of carbonyl (C=O) groups excluding carboxylic acids is 1. The number of hydrogen-bond donors (Lipinski definition) is 1. The minimum atomic E-state index is -0.292. The molecule has 0 saturated carbocycles. The van der Waals surface area contributed by atoms with Crippen LogP contribution in [0.2, 0.25) is 5.02 Å². The molecule has 0 fully saturated rings. The van der Waals surface area contributed by atoms with Crippen LogP contribution in [-0.4, -0.2) is 19.0 Å². The molecular weight excluding hydrogens is 295 g/mol. The largest absolute Gasteiger partial charge is 0.352 e. The van der Waals surface area contributed by atoms with Gasteiger partial charge in [0.1, 0.15) is 0 Å². The van der Waals surface area contributed by atoms with Crippen molar-refractivity contribution in [3.05, 3.63) is 43.7 Å². The molecule has 0 aliphatic carbocycles. The highest BCUT2D eigenvalue weighted by Crippen LogP contribution is 2.25. The molecule has 1 N–H and O–H groups in total. The van der Waals surface area contributed by atoms with E-state index < -0.39 is 0 Å². The number of carbonyl (C=O) groups is 1. The van der Waals surface area contributed by atoms with Crippen LogP contribution in [0.4, 0.5) is 0 Å². The predicted molar refractivity (Wildman–Crippen MR) is 65.5 cm³/mol. The van der Waals surface area contributed by atoms with Crippen molar-refractivity contribution < 1.29 is 4.79 Å². The lowest BCUT2D eigenvalue weighted by Crippen LogP contribution is -2.26. The van der Waals surface area contributed by atoms with Crippen molar-refractivity contribution in [3.63, 3.8) is 0 Å². The highest BCUT2D eigenvalue weighted by molar-refractivity contribution is 9.10. The van der Waals surface area contributed by atoms with Crippen molar-refractivity contribution in [2.24, 2.45) is 5.11 Å². The van der Waals surface area contributed by atoms with E-state index in [-0.39, 0.29) is 19.0 Å². The molecule has 1 rings (SSSR count). The highest BCUT2D eigenvalue weighted by Gasteiger charge is 2.11. The summed E-state index contributed by atoms with van der Waals surface area (Å²) in [4.78, 5) is 14.2. The zero-order valence-corrected chi connectivity index (χ0v) is 10.5. The van der Waals surface area contributed by atoms with E-state index >= 15 is 0 Å². The van der Waals surface area contributed by atoms with Gasteiger partial charge in [-0.05, 0) is 33.6 Å². The van der Waals surface area contributed by atoms with Crippen LogP contribution >= 0.6 is 27.5 Å². The monoisotopic (exact) mass is 302 g/mol. The summed E-state index contributed by atoms with van der Waals surface area (Å²) in [7, 11) is 0. The first-order valence-electron chi connectivity index (χ1n) is 4.40. The fraction of sp³-hybridized carbons (Fsp3) is 0.222. The summed E-state index contributed by atoms with van der Waals surface area (Å²) in [5.74, 6) is -0.292. The molecule has 16 heavy (non-hydrogen) atoms. The maximum Gasteiger partial charge on any atom is 0.252 e. The second-order valence-electron chi connectivity index (χ2n) is 2.81. The first-order chi connectivity index (χ1) is 7.66. The Balaban J connectivity index is 2.66. The summed E-state index contributed by atoms with van der Waals surface area (Å²) in [6.07, 6.45) is 0. The molecule has 84 valence electrons. The zero-order valence-electron chi connectivity index (χ0n) is 8.15. The molecule has 0 aliphatic heterocycles. The van der Waals surface area contributed by atoms with E-state index in [4.69, 9.17) is 17.1 Å². The van der Waals surface area contributed by atoms with Crippen LogP contribution in [0, 0.1) is 0 Å². The SMILES string of the molecule is [N-]=[N+]=NCCNC(=O)c1cccc(Br)c1Cl. The van der Waals surface area contributed by atoms with Crippen molar-refractivity contribution in [1.29, 1.82) is 0 Å². The van der Waals surface area contributed by atoms with Gasteiger partial charge in [0.25, 0.3) is 5.91 Å². The average Bonchev–Trinajstić information content (AvgIpc) is 2.28. The van der Waals surface area contributed by atoms with Gasteiger partial charge in [-0.25, -0.2) is 0 Å². The van der Waals surface area contributed by atoms with Gasteiger partial charge < -0.3 is 5.32 Å². The summed E-state index contributed by atoms with van der Waals surface area (Å²) < 4.78 is 0.664. The summed E-state index contributed by atoms with van der Waals surface area (Å²) in [5.41, 5.74) is 8.43. The standard InChI is InChI=1S/C9H8BrClN4O/c10-7-3-1-2-6(8(7)11)9(16)13-4-5-14-15-12/h1-3H,4-5H2,(H,13,16). The van der Waals surface area contributed by atoms with Gasteiger partial charge in [-0.15, -0.1) is 0 Å². The highest BCUT2D eigenvalue weighted by atomic mass is 79.9. The number of rotatable bonds is 4. The lowest BCUT2D eigenvalue weighted by molar-refractivity contribution is 0.0955. The second kappa shape index (κ2) is 6.37. The smallest absolute Gasteiger partial charge is 0.252 e. The topological polar surface area (TPSA) is 77.9 Å². The molecule has 0 heterocycles. The first kappa shape index (κ1) is 12.8. The first-order valence-corrected chi connectivity index (χ1v) is 5.57. The number of amides is 1. The number of hydrogen-bond acceptors (Lipinski definition) is 2. The molecule has 0 unspecified atom stereocenters. The molecule has 0 atom stereocenters. The second-order valence-corrected chi connectivity index (χ2v) is 4.04. The number of azide groups is 1. The van der Waals surface area contributed by atoms with Crippen LogP contribution in [0.3, 0.4) is 0 Å². The molecule has 1 aromatic rings. The minimum absolute atomic E-state index is 0.216. The van der Waals surface area contributed by atoms with Gasteiger partial charge in [0.2, 0.25) is 0 Å². The lowest BCUT2D eigenvalue weighted by Gasteiger charge is -2.06. The molecule has 0 radical (unpaired) electrons. The van der Waals surface area contributed by atoms with Crippen LogP contribution in [0.5, 0.6) is 0 Å². The van der Waals surface area contributed by atoms with E-state index in [0.29, 0.717) is 15.1 Å². The molecule has 7 heteroatoms. The maximum absolute atomic E-state index is 11.6. The molecule has 1 aromatic carbocycles. The van der Waals surface area contributed by atoms with Gasteiger partial charge in [0, 0.05) is 22.5 Å². The van der Waals surface area contributed by atoms with Gasteiger partial charge in [-0.2, -0.15) is 0 Å². The van der Waals surface area contributed by atoms with Gasteiger partial charge in [0.05, 0.1) is 10.6 Å². The molecule has 0 bridgehead atoms. The van der Waals surface area contributed by atoms with Crippen molar-refractivity contribution in [2.75, 3.05) is 13.1 Å². The quantitative estimate of drug-likeness (QED) is 0.394. The van der Waals surface area contributed by atoms with Crippen LogP contribution < -0.4 is 5.32 Å². The molecule has 1 amide bonds. The van der Waals surface area contributed by atoms with Crippen LogP contribution in [0.1, 0.15) is 10.4 Å². The average molecular weight is 304 g/mol. The summed E-state index contributed by atoms with van der Waals surface area (Å²) in [6, 6.07) is 5.09. The Morgan fingerprint density at radius 2 is 2.38 bits per heavy atom. The maximum atomic E-state index is 11.6. The molecule has 5 nitrogen and oxygen atoms in total. The third-order valence-electron chi connectivity index (χ3n) is 1.76. The summed E-state index contributed by atoms with van der Waals surface area (Å²) in [6.45, 7) is 0.500. The Labute approximate surface area is 106 Å². The van der Waals surface area contributed by atoms with Crippen LogP contribution in [0.15, 0.2) is 27.8 Å². The fourth-order valence-electron chi connectivity index (χ4n) is 1.04. The molecule has 0 aliphatic rings. The Kier molecular flexibility index (Phi) is 5.11. The molecule has 0 saturated heterocycles. The predicted octanol–water partition coefficient (Wildman–Crippen LogP) is 3.14. The Hall–Kier alpha value is -1.23. The number of nitrogens with zero attached hydrogens (tertiary/aromatic N) is 3. The Bertz CT molecular complexity index is 445. The van der Waals surface area contributed by atoms with E-state index in [9.17, 15) is 4.79 Å². The van der Waals surface area contributed by atoms with E-state index in [0.717, 1.165) is 0 Å². The van der Waals surface area contributed by atoms with E-state index in [1.807, 2.05) is 0 Å². The summed E-state index contributed by atoms with van der Waals surface area (Å²) >= 11 is 9.17. The number of halogens is 2. The van der Waals surface area contributed by atoms with Gasteiger partial charge in [-0.1, -0.05) is 22.8 Å². The van der Waals surface area contributed by atoms with Gasteiger partial charge >= 0.3 is 0 Å². The van der Waals surface area contributed by atoms with Crippen molar-refractivity contribution in [2.45, 2.75) is 0 Å². The van der Waals surface area contributed by atoms with Crippen LogP contribution in [0.25, 0.3) is 10.4 Å². The van der Waals surface area contributed by atoms with Gasteiger partial charge in [-0.3, -0.25) is 4.79 Å². The van der Waals surface area contributed by atoms with Crippen molar-refractivity contribution in [1.82, 2.24) is 5.32 Å². The minimum Gasteiger partial charge on any atom is -0.352 e.